The molecule has 5 nitrogen and oxygen atoms in total. The van der Waals surface area contributed by atoms with Crippen LogP contribution in [0.25, 0.3) is 5.65 Å². The number of aromatic nitrogens is 3. The Morgan fingerprint density at radius 1 is 1.32 bits per heavy atom. The van der Waals surface area contributed by atoms with Crippen LogP contribution >= 0.6 is 0 Å². The first kappa shape index (κ1) is 11.4. The molecule has 2 aliphatic rings. The summed E-state index contributed by atoms with van der Waals surface area (Å²) in [5.41, 5.74) is 0.956. The number of nitrogens with zero attached hydrogens (tertiary/aromatic N) is 3. The Hall–Kier alpha value is -1.46. The number of rotatable bonds is 1. The predicted octanol–water partition coefficient (Wildman–Crippen LogP) is 1.22. The zero-order valence-electron chi connectivity index (χ0n) is 10.8. The van der Waals surface area contributed by atoms with Gasteiger partial charge in [0.2, 0.25) is 0 Å². The summed E-state index contributed by atoms with van der Waals surface area (Å²) in [6.45, 7) is 0. The lowest BCUT2D eigenvalue weighted by Gasteiger charge is -2.45. The molecule has 0 aromatic carbocycles. The van der Waals surface area contributed by atoms with Gasteiger partial charge in [0.05, 0.1) is 11.8 Å². The van der Waals surface area contributed by atoms with Crippen LogP contribution in [-0.4, -0.2) is 31.8 Å². The Labute approximate surface area is 111 Å². The third kappa shape index (κ3) is 1.84. The summed E-state index contributed by atoms with van der Waals surface area (Å²) in [7, 11) is 0. The van der Waals surface area contributed by atoms with E-state index in [1.54, 1.807) is 16.9 Å². The minimum absolute atomic E-state index is 0.436. The van der Waals surface area contributed by atoms with Gasteiger partial charge in [-0.05, 0) is 25.7 Å². The predicted molar refractivity (Wildman–Crippen MR) is 70.7 cm³/mol. The Bertz CT molecular complexity index is 596. The van der Waals surface area contributed by atoms with Crippen molar-refractivity contribution in [1.82, 2.24) is 19.9 Å². The van der Waals surface area contributed by atoms with Gasteiger partial charge in [0, 0.05) is 36.1 Å². The van der Waals surface area contributed by atoms with Crippen LogP contribution in [0.2, 0.25) is 0 Å². The van der Waals surface area contributed by atoms with E-state index in [0.29, 0.717) is 12.1 Å². The molecule has 100 valence electrons. The largest absolute Gasteiger partial charge is 0.385 e. The van der Waals surface area contributed by atoms with Gasteiger partial charge in [0.1, 0.15) is 0 Å². The van der Waals surface area contributed by atoms with E-state index in [2.05, 4.69) is 15.4 Å². The van der Waals surface area contributed by atoms with Gasteiger partial charge in [-0.3, -0.25) is 0 Å². The summed E-state index contributed by atoms with van der Waals surface area (Å²) >= 11 is 0. The molecule has 2 bridgehead atoms. The second-order valence-corrected chi connectivity index (χ2v) is 5.91. The van der Waals surface area contributed by atoms with Crippen molar-refractivity contribution in [3.63, 3.8) is 0 Å². The normalized spacial score (nSPS) is 34.6. The molecule has 2 aliphatic heterocycles. The van der Waals surface area contributed by atoms with E-state index in [0.717, 1.165) is 36.9 Å². The van der Waals surface area contributed by atoms with Crippen molar-refractivity contribution in [2.45, 2.75) is 49.8 Å². The van der Waals surface area contributed by atoms with Crippen LogP contribution < -0.4 is 5.32 Å². The molecule has 4 heterocycles. The first-order chi connectivity index (χ1) is 9.23. The molecule has 0 spiro atoms. The first-order valence-electron chi connectivity index (χ1n) is 7.01. The lowest BCUT2D eigenvalue weighted by molar-refractivity contribution is -0.0364. The Kier molecular flexibility index (Phi) is 2.40. The maximum Gasteiger partial charge on any atom is 0.154 e. The van der Waals surface area contributed by atoms with Gasteiger partial charge in [-0.25, -0.2) is 9.50 Å². The van der Waals surface area contributed by atoms with Crippen molar-refractivity contribution in [2.24, 2.45) is 0 Å². The van der Waals surface area contributed by atoms with Crippen LogP contribution in [0.5, 0.6) is 0 Å². The maximum absolute atomic E-state index is 11.0. The highest BCUT2D eigenvalue weighted by molar-refractivity contribution is 5.37. The van der Waals surface area contributed by atoms with Gasteiger partial charge in [-0.2, -0.15) is 5.10 Å². The third-order valence-corrected chi connectivity index (χ3v) is 4.53. The quantitative estimate of drug-likeness (QED) is 0.807. The van der Waals surface area contributed by atoms with E-state index in [1.165, 1.54) is 6.42 Å². The molecule has 4 rings (SSSR count). The van der Waals surface area contributed by atoms with Crippen molar-refractivity contribution in [3.8, 4) is 0 Å². The second-order valence-electron chi connectivity index (χ2n) is 5.91. The summed E-state index contributed by atoms with van der Waals surface area (Å²) in [6.07, 6.45) is 10.6. The summed E-state index contributed by atoms with van der Waals surface area (Å²) in [5.74, 6) is 0. The molecule has 2 aromatic heterocycles. The minimum atomic E-state index is -0.756. The van der Waals surface area contributed by atoms with Crippen molar-refractivity contribution >= 4 is 5.65 Å². The van der Waals surface area contributed by atoms with Gasteiger partial charge in [-0.15, -0.1) is 0 Å². The molecule has 0 amide bonds. The molecule has 2 aromatic rings. The first-order valence-corrected chi connectivity index (χ1v) is 7.01. The molecule has 0 radical (unpaired) electrons. The zero-order chi connectivity index (χ0) is 12.9. The molecule has 2 saturated heterocycles. The van der Waals surface area contributed by atoms with Crippen LogP contribution in [-0.2, 0) is 5.60 Å². The van der Waals surface area contributed by atoms with Gasteiger partial charge in [0.25, 0.3) is 0 Å². The van der Waals surface area contributed by atoms with Gasteiger partial charge < -0.3 is 10.4 Å². The average Bonchev–Trinajstić information content (AvgIpc) is 2.85. The van der Waals surface area contributed by atoms with Crippen LogP contribution in [0, 0.1) is 0 Å². The van der Waals surface area contributed by atoms with Crippen LogP contribution in [0.3, 0.4) is 0 Å². The molecule has 2 N–H and O–H groups in total. The molecule has 0 aliphatic carbocycles. The fraction of sp³-hybridized carbons (Fsp3) is 0.571. The summed E-state index contributed by atoms with van der Waals surface area (Å²) in [5, 5.41) is 18.8. The molecule has 19 heavy (non-hydrogen) atoms. The molecule has 2 unspecified atom stereocenters. The van der Waals surface area contributed by atoms with E-state index in [9.17, 15) is 5.11 Å². The van der Waals surface area contributed by atoms with Crippen molar-refractivity contribution < 1.29 is 5.11 Å². The van der Waals surface area contributed by atoms with Crippen molar-refractivity contribution in [3.05, 3.63) is 30.2 Å². The monoisotopic (exact) mass is 258 g/mol. The third-order valence-electron chi connectivity index (χ3n) is 4.53. The van der Waals surface area contributed by atoms with E-state index >= 15 is 0 Å². The van der Waals surface area contributed by atoms with Crippen molar-refractivity contribution in [1.29, 1.82) is 0 Å². The van der Waals surface area contributed by atoms with Gasteiger partial charge in [0.15, 0.2) is 5.65 Å². The summed E-state index contributed by atoms with van der Waals surface area (Å²) in [6, 6.07) is 2.74. The van der Waals surface area contributed by atoms with E-state index in [1.807, 2.05) is 12.3 Å². The number of nitrogens with one attached hydrogen (secondary N) is 1. The molecule has 2 fully saturated rings. The van der Waals surface area contributed by atoms with Crippen LogP contribution in [0.15, 0.2) is 24.7 Å². The smallest absolute Gasteiger partial charge is 0.154 e. The van der Waals surface area contributed by atoms with E-state index < -0.39 is 5.60 Å². The number of aliphatic hydroxyl groups is 1. The van der Waals surface area contributed by atoms with Crippen LogP contribution in [0.4, 0.5) is 0 Å². The minimum Gasteiger partial charge on any atom is -0.385 e. The lowest BCUT2D eigenvalue weighted by Crippen LogP contribution is -2.54. The lowest BCUT2D eigenvalue weighted by atomic mass is 9.74. The fourth-order valence-electron chi connectivity index (χ4n) is 3.62. The number of piperidine rings is 2. The van der Waals surface area contributed by atoms with E-state index in [-0.39, 0.29) is 0 Å². The summed E-state index contributed by atoms with van der Waals surface area (Å²) in [4.78, 5) is 4.38. The average molecular weight is 258 g/mol. The second kappa shape index (κ2) is 4.02. The molecule has 2 atom stereocenters. The van der Waals surface area contributed by atoms with Crippen LogP contribution in [0.1, 0.15) is 37.7 Å². The highest BCUT2D eigenvalue weighted by Crippen LogP contribution is 2.39. The highest BCUT2D eigenvalue weighted by atomic mass is 16.3. The molecular formula is C14H18N4O. The standard InChI is InChI=1S/C14H18N4O/c19-14(6-11-2-1-3-12(7-14)17-11)10-8-15-13-4-5-16-18(13)9-10/h4-5,8-9,11-12,17,19H,1-3,6-7H2. The van der Waals surface area contributed by atoms with Gasteiger partial charge >= 0.3 is 0 Å². The Morgan fingerprint density at radius 2 is 2.11 bits per heavy atom. The number of hydrogen-bond acceptors (Lipinski definition) is 4. The Balaban J connectivity index is 1.72. The number of fused-ring (bicyclic) bond motifs is 3. The van der Waals surface area contributed by atoms with Crippen molar-refractivity contribution in [2.75, 3.05) is 0 Å². The molecular weight excluding hydrogens is 240 g/mol. The zero-order valence-corrected chi connectivity index (χ0v) is 10.8. The molecule has 0 saturated carbocycles. The van der Waals surface area contributed by atoms with E-state index in [4.69, 9.17) is 0 Å². The topological polar surface area (TPSA) is 62.5 Å². The Morgan fingerprint density at radius 3 is 2.89 bits per heavy atom. The maximum atomic E-state index is 11.0. The summed E-state index contributed by atoms with van der Waals surface area (Å²) < 4.78 is 1.74. The highest BCUT2D eigenvalue weighted by Gasteiger charge is 2.42. The van der Waals surface area contributed by atoms with Gasteiger partial charge in [-0.1, -0.05) is 6.42 Å². The number of hydrogen-bond donors (Lipinski definition) is 2. The molecule has 5 heteroatoms. The SMILES string of the molecule is OC1(c2cnc3ccnn3c2)CC2CCCC(C1)N2. The fourth-order valence-corrected chi connectivity index (χ4v) is 3.62.